The van der Waals surface area contributed by atoms with Crippen molar-refractivity contribution < 1.29 is 24.3 Å². The van der Waals surface area contributed by atoms with E-state index in [0.717, 1.165) is 12.8 Å². The second-order valence-corrected chi connectivity index (χ2v) is 5.51. The molecule has 2 rings (SSSR count). The summed E-state index contributed by atoms with van der Waals surface area (Å²) in [5.41, 5.74) is 0.634. The first-order valence-corrected chi connectivity index (χ1v) is 8.01. The Labute approximate surface area is 141 Å². The van der Waals surface area contributed by atoms with Crippen LogP contribution in [-0.4, -0.2) is 51.6 Å². The molecule has 0 spiro atoms. The van der Waals surface area contributed by atoms with Gasteiger partial charge in [0, 0.05) is 32.9 Å². The molecule has 7 nitrogen and oxygen atoms in total. The highest BCUT2D eigenvalue weighted by Crippen LogP contribution is 2.17. The zero-order valence-corrected chi connectivity index (χ0v) is 14.4. The van der Waals surface area contributed by atoms with Crippen molar-refractivity contribution in [3.05, 3.63) is 23.5 Å². The van der Waals surface area contributed by atoms with Crippen LogP contribution in [0.25, 0.3) is 0 Å². The van der Waals surface area contributed by atoms with Crippen LogP contribution >= 0.6 is 0 Å². The number of aliphatic carboxylic acids is 1. The van der Waals surface area contributed by atoms with E-state index in [9.17, 15) is 19.2 Å². The van der Waals surface area contributed by atoms with Gasteiger partial charge in [-0.1, -0.05) is 12.2 Å². The molecule has 132 valence electrons. The second kappa shape index (κ2) is 9.00. The molecule has 0 aliphatic carbocycles. The van der Waals surface area contributed by atoms with Crippen LogP contribution in [-0.2, 0) is 19.2 Å². The molecule has 2 amide bonds. The van der Waals surface area contributed by atoms with Gasteiger partial charge in [-0.15, -0.1) is 0 Å². The summed E-state index contributed by atoms with van der Waals surface area (Å²) < 4.78 is 0. The summed E-state index contributed by atoms with van der Waals surface area (Å²) in [7, 11) is 0. The van der Waals surface area contributed by atoms with Crippen molar-refractivity contribution >= 4 is 23.6 Å². The number of carboxylic acid groups (broad SMARTS) is 1. The van der Waals surface area contributed by atoms with Gasteiger partial charge >= 0.3 is 5.97 Å². The van der Waals surface area contributed by atoms with Gasteiger partial charge in [0.1, 0.15) is 5.70 Å². The monoisotopic (exact) mass is 336 g/mol. The molecule has 0 atom stereocenters. The summed E-state index contributed by atoms with van der Waals surface area (Å²) in [6.45, 7) is 6.11. The van der Waals surface area contributed by atoms with Gasteiger partial charge in [-0.05, 0) is 26.7 Å². The molecule has 2 aliphatic rings. The number of carboxylic acids is 1. The third kappa shape index (κ3) is 4.78. The molecule has 2 heterocycles. The Morgan fingerprint density at radius 2 is 1.33 bits per heavy atom. The minimum atomic E-state index is -1.03. The van der Waals surface area contributed by atoms with Gasteiger partial charge in [0.25, 0.3) is 0 Å². The fraction of sp³-hybridized carbons (Fsp3) is 0.529. The fourth-order valence-corrected chi connectivity index (χ4v) is 2.75. The molecule has 0 radical (unpaired) electrons. The number of nitrogens with zero attached hydrogens (tertiary/aromatic N) is 2. The minimum absolute atomic E-state index is 0.0345. The molecule has 0 saturated carbocycles. The Morgan fingerprint density at radius 3 is 1.58 bits per heavy atom. The molecule has 24 heavy (non-hydrogen) atoms. The van der Waals surface area contributed by atoms with E-state index in [2.05, 4.69) is 0 Å². The van der Waals surface area contributed by atoms with Crippen LogP contribution in [0.15, 0.2) is 23.5 Å². The number of rotatable bonds is 4. The van der Waals surface area contributed by atoms with Crippen LogP contribution in [0.2, 0.25) is 0 Å². The average Bonchev–Trinajstić information content (AvgIpc) is 3.11. The summed E-state index contributed by atoms with van der Waals surface area (Å²) in [5.74, 6) is -1.09. The van der Waals surface area contributed by atoms with Crippen LogP contribution in [0.5, 0.6) is 0 Å². The average molecular weight is 336 g/mol. The highest BCUT2D eigenvalue weighted by atomic mass is 16.4. The Kier molecular flexibility index (Phi) is 7.35. The fourth-order valence-electron chi connectivity index (χ4n) is 2.75. The third-order valence-electron chi connectivity index (χ3n) is 3.86. The number of Topliss-reactive ketones (excluding diaryl/α,β-unsaturated/α-hetero) is 1. The standard InChI is InChI=1S/C9H13NO2.C8H11NO3/c1-3-8(7(2)11)10-6-4-5-9(10)12;1-2-6(8(11)12)9-5-3-4-7(9)10/h3H,4-6H2,1-2H3;2H,3-5H2,1H3,(H,11,12)/b8-3-;6-2-. The molecule has 0 aromatic heterocycles. The maximum atomic E-state index is 11.2. The molecule has 0 aromatic rings. The quantitative estimate of drug-likeness (QED) is 0.788. The summed E-state index contributed by atoms with van der Waals surface area (Å²) in [6.07, 6.45) is 5.80. The number of likely N-dealkylation sites (tertiary alicyclic amines) is 2. The van der Waals surface area contributed by atoms with Gasteiger partial charge in [-0.25, -0.2) is 4.79 Å². The Hall–Kier alpha value is -2.44. The highest BCUT2D eigenvalue weighted by molar-refractivity contribution is 5.97. The maximum Gasteiger partial charge on any atom is 0.352 e. The number of carbonyl (C=O) groups is 4. The molecular weight excluding hydrogens is 312 g/mol. The van der Waals surface area contributed by atoms with E-state index in [4.69, 9.17) is 5.11 Å². The van der Waals surface area contributed by atoms with Crippen molar-refractivity contribution in [2.24, 2.45) is 0 Å². The summed E-state index contributed by atoms with van der Waals surface area (Å²) in [5, 5.41) is 8.69. The van der Waals surface area contributed by atoms with Crippen molar-refractivity contribution in [1.82, 2.24) is 9.80 Å². The first-order valence-electron chi connectivity index (χ1n) is 8.01. The third-order valence-corrected chi connectivity index (χ3v) is 3.86. The molecule has 0 unspecified atom stereocenters. The number of amides is 2. The molecule has 2 aliphatic heterocycles. The lowest BCUT2D eigenvalue weighted by Crippen LogP contribution is -2.28. The van der Waals surface area contributed by atoms with Crippen molar-refractivity contribution in [1.29, 1.82) is 0 Å². The van der Waals surface area contributed by atoms with Crippen LogP contribution in [0.4, 0.5) is 0 Å². The lowest BCUT2D eigenvalue weighted by Gasteiger charge is -2.16. The number of carbonyl (C=O) groups excluding carboxylic acids is 3. The summed E-state index contributed by atoms with van der Waals surface area (Å²) in [4.78, 5) is 46.9. The lowest BCUT2D eigenvalue weighted by atomic mass is 10.3. The Balaban J connectivity index is 0.000000240. The number of hydrogen-bond donors (Lipinski definition) is 1. The van der Waals surface area contributed by atoms with Crippen molar-refractivity contribution in [2.75, 3.05) is 13.1 Å². The molecule has 2 saturated heterocycles. The van der Waals surface area contributed by atoms with Gasteiger partial charge < -0.3 is 14.9 Å². The predicted molar refractivity (Wildman–Crippen MR) is 87.7 cm³/mol. The van der Waals surface area contributed by atoms with E-state index in [0.29, 0.717) is 31.6 Å². The van der Waals surface area contributed by atoms with Gasteiger partial charge in [0.2, 0.25) is 11.8 Å². The summed E-state index contributed by atoms with van der Waals surface area (Å²) >= 11 is 0. The van der Waals surface area contributed by atoms with E-state index in [1.165, 1.54) is 17.9 Å². The normalized spacial score (nSPS) is 18.6. The second-order valence-electron chi connectivity index (χ2n) is 5.51. The maximum absolute atomic E-state index is 11.2. The first kappa shape index (κ1) is 19.6. The molecule has 0 aromatic carbocycles. The Bertz CT molecular complexity index is 540. The summed E-state index contributed by atoms with van der Waals surface area (Å²) in [6, 6.07) is 0. The molecule has 7 heteroatoms. The zero-order valence-electron chi connectivity index (χ0n) is 14.4. The molecule has 0 bridgehead atoms. The highest BCUT2D eigenvalue weighted by Gasteiger charge is 2.26. The molecular formula is C17H24N2O5. The number of ketones is 1. The van der Waals surface area contributed by atoms with Gasteiger partial charge in [-0.2, -0.15) is 0 Å². The van der Waals surface area contributed by atoms with Crippen molar-refractivity contribution in [3.8, 4) is 0 Å². The van der Waals surface area contributed by atoms with E-state index in [1.54, 1.807) is 24.8 Å². The molecule has 2 fully saturated rings. The first-order chi connectivity index (χ1) is 11.3. The number of hydrogen-bond acceptors (Lipinski definition) is 4. The Morgan fingerprint density at radius 1 is 0.917 bits per heavy atom. The van der Waals surface area contributed by atoms with Crippen molar-refractivity contribution in [3.63, 3.8) is 0 Å². The van der Waals surface area contributed by atoms with Gasteiger partial charge in [-0.3, -0.25) is 14.4 Å². The van der Waals surface area contributed by atoms with E-state index in [1.807, 2.05) is 0 Å². The predicted octanol–water partition coefficient (Wildman–Crippen LogP) is 1.70. The SMILES string of the molecule is C/C=C(/C(=O)O)N1CCCC1=O.C/C=C(/C(C)=O)N1CCCC1=O. The van der Waals surface area contributed by atoms with E-state index < -0.39 is 5.97 Å². The zero-order chi connectivity index (χ0) is 18.3. The van der Waals surface area contributed by atoms with E-state index >= 15 is 0 Å². The molecule has 1 N–H and O–H groups in total. The minimum Gasteiger partial charge on any atom is -0.477 e. The van der Waals surface area contributed by atoms with Crippen LogP contribution in [0, 0.1) is 0 Å². The van der Waals surface area contributed by atoms with E-state index in [-0.39, 0.29) is 23.3 Å². The lowest BCUT2D eigenvalue weighted by molar-refractivity contribution is -0.138. The number of allylic oxidation sites excluding steroid dienone is 3. The van der Waals surface area contributed by atoms with Crippen molar-refractivity contribution in [2.45, 2.75) is 46.5 Å². The van der Waals surface area contributed by atoms with Crippen LogP contribution < -0.4 is 0 Å². The van der Waals surface area contributed by atoms with Gasteiger partial charge in [0.15, 0.2) is 5.78 Å². The van der Waals surface area contributed by atoms with Gasteiger partial charge in [0.05, 0.1) is 5.70 Å². The largest absolute Gasteiger partial charge is 0.477 e. The van der Waals surface area contributed by atoms with Crippen LogP contribution in [0.3, 0.4) is 0 Å². The van der Waals surface area contributed by atoms with Crippen LogP contribution in [0.1, 0.15) is 46.5 Å². The smallest absolute Gasteiger partial charge is 0.352 e. The topological polar surface area (TPSA) is 95.0 Å².